The van der Waals surface area contributed by atoms with E-state index < -0.39 is 0 Å². The Morgan fingerprint density at radius 3 is 2.57 bits per heavy atom. The van der Waals surface area contributed by atoms with Crippen molar-refractivity contribution in [2.24, 2.45) is 0 Å². The van der Waals surface area contributed by atoms with Crippen LogP contribution in [-0.4, -0.2) is 25.7 Å². The lowest BCUT2D eigenvalue weighted by atomic mass is 10.1. The van der Waals surface area contributed by atoms with Gasteiger partial charge in [0.1, 0.15) is 12.4 Å². The number of aryl methyl sites for hydroxylation is 1. The summed E-state index contributed by atoms with van der Waals surface area (Å²) in [5, 5.41) is 5.63. The second-order valence-corrected chi connectivity index (χ2v) is 5.99. The zero-order chi connectivity index (χ0) is 16.3. The molecule has 4 nitrogen and oxygen atoms in total. The second kappa shape index (κ2) is 9.90. The lowest BCUT2D eigenvalue weighted by molar-refractivity contribution is 0.236. The third-order valence-electron chi connectivity index (χ3n) is 3.22. The fourth-order valence-electron chi connectivity index (χ4n) is 2.09. The van der Waals surface area contributed by atoms with E-state index in [1.807, 2.05) is 42.5 Å². The third-order valence-corrected chi connectivity index (χ3v) is 3.72. The number of hydrogen-bond donors (Lipinski definition) is 2. The van der Waals surface area contributed by atoms with Crippen molar-refractivity contribution in [3.05, 3.63) is 64.6 Å². The minimum atomic E-state index is -0.157. The van der Waals surface area contributed by atoms with Gasteiger partial charge in [-0.1, -0.05) is 52.3 Å². The number of halogens is 1. The molecule has 2 aromatic rings. The normalized spacial score (nSPS) is 10.1. The van der Waals surface area contributed by atoms with Gasteiger partial charge in [-0.2, -0.15) is 0 Å². The summed E-state index contributed by atoms with van der Waals surface area (Å²) in [5.74, 6) is 0.782. The molecule has 0 spiro atoms. The SMILES string of the molecule is O=C(NCCCc1ccccc1)NCCOc1cccc(Br)c1. The van der Waals surface area contributed by atoms with Crippen LogP contribution in [0, 0.1) is 0 Å². The molecule has 0 atom stereocenters. The van der Waals surface area contributed by atoms with Gasteiger partial charge in [-0.25, -0.2) is 4.79 Å². The first-order valence-corrected chi connectivity index (χ1v) is 8.47. The minimum absolute atomic E-state index is 0.157. The van der Waals surface area contributed by atoms with Crippen LogP contribution in [0.2, 0.25) is 0 Å². The summed E-state index contributed by atoms with van der Waals surface area (Å²) in [6, 6.07) is 17.7. The summed E-state index contributed by atoms with van der Waals surface area (Å²) in [6.07, 6.45) is 1.89. The molecule has 0 heterocycles. The summed E-state index contributed by atoms with van der Waals surface area (Å²) >= 11 is 3.39. The highest BCUT2D eigenvalue weighted by molar-refractivity contribution is 9.10. The minimum Gasteiger partial charge on any atom is -0.492 e. The van der Waals surface area contributed by atoms with Crippen LogP contribution in [0.25, 0.3) is 0 Å². The highest BCUT2D eigenvalue weighted by Gasteiger charge is 2.00. The molecule has 0 saturated heterocycles. The van der Waals surface area contributed by atoms with Crippen LogP contribution in [0.3, 0.4) is 0 Å². The number of carbonyl (C=O) groups excluding carboxylic acids is 1. The fraction of sp³-hybridized carbons (Fsp3) is 0.278. The molecule has 0 aromatic heterocycles. The second-order valence-electron chi connectivity index (χ2n) is 5.08. The van der Waals surface area contributed by atoms with Gasteiger partial charge in [0.2, 0.25) is 0 Å². The van der Waals surface area contributed by atoms with E-state index in [0.29, 0.717) is 19.7 Å². The molecule has 0 aliphatic rings. The first-order chi connectivity index (χ1) is 11.2. The maximum absolute atomic E-state index is 11.6. The Balaban J connectivity index is 1.52. The molecule has 0 saturated carbocycles. The van der Waals surface area contributed by atoms with Crippen LogP contribution in [0.15, 0.2) is 59.1 Å². The molecule has 5 heteroatoms. The standard InChI is InChI=1S/C18H21BrN2O2/c19-16-9-4-10-17(14-16)23-13-12-21-18(22)20-11-5-8-15-6-2-1-3-7-15/h1-4,6-7,9-10,14H,5,8,11-13H2,(H2,20,21,22). The van der Waals surface area contributed by atoms with E-state index in [1.165, 1.54) is 5.56 Å². The number of urea groups is 1. The topological polar surface area (TPSA) is 50.4 Å². The predicted octanol–water partition coefficient (Wildman–Crippen LogP) is 3.76. The molecule has 0 fully saturated rings. The van der Waals surface area contributed by atoms with Crippen molar-refractivity contribution in [3.63, 3.8) is 0 Å². The Bertz CT molecular complexity index is 605. The summed E-state index contributed by atoms with van der Waals surface area (Å²) in [5.41, 5.74) is 1.29. The van der Waals surface area contributed by atoms with Gasteiger partial charge in [0.05, 0.1) is 6.54 Å². The van der Waals surface area contributed by atoms with E-state index in [4.69, 9.17) is 4.74 Å². The summed E-state index contributed by atoms with van der Waals surface area (Å²) in [7, 11) is 0. The Labute approximate surface area is 145 Å². The van der Waals surface area contributed by atoms with Crippen LogP contribution in [0.1, 0.15) is 12.0 Å². The fourth-order valence-corrected chi connectivity index (χ4v) is 2.47. The Kier molecular flexibility index (Phi) is 7.46. The van der Waals surface area contributed by atoms with Crippen molar-refractivity contribution in [2.75, 3.05) is 19.7 Å². The van der Waals surface area contributed by atoms with Gasteiger partial charge < -0.3 is 15.4 Å². The van der Waals surface area contributed by atoms with Gasteiger partial charge >= 0.3 is 6.03 Å². The zero-order valence-electron chi connectivity index (χ0n) is 12.9. The largest absolute Gasteiger partial charge is 0.492 e. The van der Waals surface area contributed by atoms with Crippen molar-refractivity contribution >= 4 is 22.0 Å². The van der Waals surface area contributed by atoms with Crippen LogP contribution < -0.4 is 15.4 Å². The number of amides is 2. The van der Waals surface area contributed by atoms with Crippen molar-refractivity contribution in [3.8, 4) is 5.75 Å². The van der Waals surface area contributed by atoms with Gasteiger partial charge in [-0.15, -0.1) is 0 Å². The van der Waals surface area contributed by atoms with E-state index >= 15 is 0 Å². The molecule has 2 aromatic carbocycles. The average Bonchev–Trinajstić information content (AvgIpc) is 2.57. The molecular formula is C18H21BrN2O2. The Morgan fingerprint density at radius 1 is 1.00 bits per heavy atom. The van der Waals surface area contributed by atoms with Crippen LogP contribution in [0.4, 0.5) is 4.79 Å². The molecule has 2 N–H and O–H groups in total. The lowest BCUT2D eigenvalue weighted by Crippen LogP contribution is -2.38. The molecule has 122 valence electrons. The number of rotatable bonds is 8. The average molecular weight is 377 g/mol. The number of nitrogens with one attached hydrogen (secondary N) is 2. The summed E-state index contributed by atoms with van der Waals surface area (Å²) in [6.45, 7) is 1.57. The number of carbonyl (C=O) groups is 1. The molecule has 0 aliphatic carbocycles. The Morgan fingerprint density at radius 2 is 1.78 bits per heavy atom. The van der Waals surface area contributed by atoms with Crippen molar-refractivity contribution in [1.29, 1.82) is 0 Å². The van der Waals surface area contributed by atoms with Gasteiger partial charge in [-0.05, 0) is 36.6 Å². The molecular weight excluding hydrogens is 356 g/mol. The van der Waals surface area contributed by atoms with Crippen LogP contribution in [0.5, 0.6) is 5.75 Å². The molecule has 2 rings (SSSR count). The Hall–Kier alpha value is -2.01. The van der Waals surface area contributed by atoms with Gasteiger partial charge in [0, 0.05) is 11.0 Å². The summed E-state index contributed by atoms with van der Waals surface area (Å²) in [4.78, 5) is 11.6. The third kappa shape index (κ3) is 7.19. The van der Waals surface area contributed by atoms with E-state index in [2.05, 4.69) is 38.7 Å². The maximum atomic E-state index is 11.6. The molecule has 0 bridgehead atoms. The smallest absolute Gasteiger partial charge is 0.314 e. The molecule has 0 unspecified atom stereocenters. The van der Waals surface area contributed by atoms with Crippen LogP contribution >= 0.6 is 15.9 Å². The van der Waals surface area contributed by atoms with Crippen molar-refractivity contribution in [1.82, 2.24) is 10.6 Å². The first kappa shape index (κ1) is 17.3. The van der Waals surface area contributed by atoms with E-state index in [9.17, 15) is 4.79 Å². The molecule has 23 heavy (non-hydrogen) atoms. The molecule has 0 radical (unpaired) electrons. The maximum Gasteiger partial charge on any atom is 0.314 e. The first-order valence-electron chi connectivity index (χ1n) is 7.68. The van der Waals surface area contributed by atoms with Crippen molar-refractivity contribution in [2.45, 2.75) is 12.8 Å². The lowest BCUT2D eigenvalue weighted by Gasteiger charge is -2.09. The van der Waals surface area contributed by atoms with Gasteiger partial charge in [-0.3, -0.25) is 0 Å². The number of ether oxygens (including phenoxy) is 1. The van der Waals surface area contributed by atoms with E-state index in [-0.39, 0.29) is 6.03 Å². The predicted molar refractivity (Wildman–Crippen MR) is 95.8 cm³/mol. The van der Waals surface area contributed by atoms with E-state index in [0.717, 1.165) is 23.1 Å². The zero-order valence-corrected chi connectivity index (χ0v) is 14.5. The number of benzene rings is 2. The van der Waals surface area contributed by atoms with Gasteiger partial charge in [0.25, 0.3) is 0 Å². The number of hydrogen-bond acceptors (Lipinski definition) is 2. The summed E-state index contributed by atoms with van der Waals surface area (Å²) < 4.78 is 6.52. The molecule has 0 aliphatic heterocycles. The quantitative estimate of drug-likeness (QED) is 0.689. The van der Waals surface area contributed by atoms with Crippen molar-refractivity contribution < 1.29 is 9.53 Å². The highest BCUT2D eigenvalue weighted by atomic mass is 79.9. The molecule has 2 amide bonds. The van der Waals surface area contributed by atoms with Gasteiger partial charge in [0.15, 0.2) is 0 Å². The highest BCUT2D eigenvalue weighted by Crippen LogP contribution is 2.17. The van der Waals surface area contributed by atoms with E-state index in [1.54, 1.807) is 0 Å². The monoisotopic (exact) mass is 376 g/mol. The van der Waals surface area contributed by atoms with Crippen LogP contribution in [-0.2, 0) is 6.42 Å².